The third kappa shape index (κ3) is 4.42. The lowest BCUT2D eigenvalue weighted by atomic mass is 9.85. The van der Waals surface area contributed by atoms with Gasteiger partial charge in [0.2, 0.25) is 0 Å². The molecule has 1 N–H and O–H groups in total. The Hall–Kier alpha value is -2.12. The zero-order valence-corrected chi connectivity index (χ0v) is 16.5. The predicted molar refractivity (Wildman–Crippen MR) is 105 cm³/mol. The van der Waals surface area contributed by atoms with Crippen LogP contribution in [0.25, 0.3) is 0 Å². The van der Waals surface area contributed by atoms with Gasteiger partial charge in [0.1, 0.15) is 0 Å². The number of nitrogens with zero attached hydrogens (tertiary/aromatic N) is 3. The quantitative estimate of drug-likeness (QED) is 0.803. The summed E-state index contributed by atoms with van der Waals surface area (Å²) < 4.78 is 4.69. The van der Waals surface area contributed by atoms with E-state index in [1.54, 1.807) is 24.3 Å². The van der Waals surface area contributed by atoms with Gasteiger partial charge in [-0.2, -0.15) is 0 Å². The van der Waals surface area contributed by atoms with Crippen molar-refractivity contribution in [3.8, 4) is 0 Å². The van der Waals surface area contributed by atoms with E-state index in [0.717, 1.165) is 45.6 Å². The molecule has 0 radical (unpaired) electrons. The standard InChI is InChI=1S/C20H30N4O3/c1-22-11-4-12-23(2)20(15-22)9-13-24(14-10-20)19(26)21-17-7-5-16(6-8-17)18(25)27-3/h5-8H,4,9-15H2,1-3H3,(H,21,26). The molecule has 7 heteroatoms. The van der Waals surface area contributed by atoms with Crippen LogP contribution >= 0.6 is 0 Å². The molecule has 2 aliphatic rings. The number of urea groups is 1. The Labute approximate surface area is 161 Å². The number of carbonyl (C=O) groups is 2. The number of piperidine rings is 1. The maximum absolute atomic E-state index is 12.6. The molecular formula is C20H30N4O3. The van der Waals surface area contributed by atoms with Crippen LogP contribution < -0.4 is 5.32 Å². The SMILES string of the molecule is COC(=O)c1ccc(NC(=O)N2CCC3(CC2)CN(C)CCCN3C)cc1. The number of esters is 1. The summed E-state index contributed by atoms with van der Waals surface area (Å²) in [5.74, 6) is -0.383. The molecular weight excluding hydrogens is 344 g/mol. The number of nitrogens with one attached hydrogen (secondary N) is 1. The Morgan fingerprint density at radius 3 is 2.33 bits per heavy atom. The maximum Gasteiger partial charge on any atom is 0.337 e. The Morgan fingerprint density at radius 2 is 1.70 bits per heavy atom. The van der Waals surface area contributed by atoms with E-state index in [2.05, 4.69) is 29.2 Å². The van der Waals surface area contributed by atoms with Crippen molar-refractivity contribution in [1.29, 1.82) is 0 Å². The molecule has 1 aromatic rings. The number of likely N-dealkylation sites (N-methyl/N-ethyl adjacent to an activating group) is 2. The van der Waals surface area contributed by atoms with Crippen molar-refractivity contribution in [2.24, 2.45) is 0 Å². The van der Waals surface area contributed by atoms with Crippen LogP contribution in [0.1, 0.15) is 29.6 Å². The van der Waals surface area contributed by atoms with Gasteiger partial charge in [-0.25, -0.2) is 9.59 Å². The zero-order valence-electron chi connectivity index (χ0n) is 16.5. The van der Waals surface area contributed by atoms with Gasteiger partial charge >= 0.3 is 12.0 Å². The van der Waals surface area contributed by atoms with Crippen LogP contribution in [-0.2, 0) is 4.74 Å². The third-order valence-corrected chi connectivity index (χ3v) is 5.95. The van der Waals surface area contributed by atoms with Crippen LogP contribution in [0.5, 0.6) is 0 Å². The molecule has 27 heavy (non-hydrogen) atoms. The van der Waals surface area contributed by atoms with Gasteiger partial charge in [-0.3, -0.25) is 4.90 Å². The number of anilines is 1. The first-order valence-electron chi connectivity index (χ1n) is 9.58. The summed E-state index contributed by atoms with van der Waals surface area (Å²) in [7, 11) is 5.76. The number of likely N-dealkylation sites (tertiary alicyclic amines) is 1. The van der Waals surface area contributed by atoms with Crippen molar-refractivity contribution in [1.82, 2.24) is 14.7 Å². The minimum atomic E-state index is -0.383. The van der Waals surface area contributed by atoms with E-state index in [4.69, 9.17) is 4.74 Å². The van der Waals surface area contributed by atoms with Crippen LogP contribution in [0, 0.1) is 0 Å². The smallest absolute Gasteiger partial charge is 0.337 e. The molecule has 1 spiro atoms. The van der Waals surface area contributed by atoms with Gasteiger partial charge in [-0.05, 0) is 70.7 Å². The number of methoxy groups -OCH3 is 1. The van der Waals surface area contributed by atoms with Crippen molar-refractivity contribution in [2.45, 2.75) is 24.8 Å². The molecule has 3 rings (SSSR count). The highest BCUT2D eigenvalue weighted by Crippen LogP contribution is 2.31. The number of amides is 2. The van der Waals surface area contributed by atoms with E-state index in [0.29, 0.717) is 11.3 Å². The van der Waals surface area contributed by atoms with Gasteiger partial charge in [0, 0.05) is 30.9 Å². The number of hydrogen-bond acceptors (Lipinski definition) is 5. The van der Waals surface area contributed by atoms with Crippen LogP contribution in [0.15, 0.2) is 24.3 Å². The van der Waals surface area contributed by atoms with Gasteiger partial charge in [0.25, 0.3) is 0 Å². The summed E-state index contributed by atoms with van der Waals surface area (Å²) in [5.41, 5.74) is 1.32. The zero-order chi connectivity index (χ0) is 19.4. The highest BCUT2D eigenvalue weighted by atomic mass is 16.5. The Morgan fingerprint density at radius 1 is 1.04 bits per heavy atom. The van der Waals surface area contributed by atoms with E-state index in [1.807, 2.05) is 4.90 Å². The Kier molecular flexibility index (Phi) is 6.01. The van der Waals surface area contributed by atoms with Gasteiger partial charge < -0.3 is 19.9 Å². The first-order chi connectivity index (χ1) is 12.9. The van der Waals surface area contributed by atoms with Crippen molar-refractivity contribution >= 4 is 17.7 Å². The minimum absolute atomic E-state index is 0.0831. The molecule has 2 heterocycles. The number of carbonyl (C=O) groups excluding carboxylic acids is 2. The molecule has 1 aromatic carbocycles. The second-order valence-electron chi connectivity index (χ2n) is 7.72. The van der Waals surface area contributed by atoms with Crippen molar-refractivity contribution in [3.63, 3.8) is 0 Å². The molecule has 0 saturated carbocycles. The largest absolute Gasteiger partial charge is 0.465 e. The topological polar surface area (TPSA) is 65.1 Å². The summed E-state index contributed by atoms with van der Waals surface area (Å²) in [6.45, 7) is 4.82. The fraction of sp³-hybridized carbons (Fsp3) is 0.600. The number of ether oxygens (including phenoxy) is 1. The highest BCUT2D eigenvalue weighted by molar-refractivity contribution is 5.92. The molecule has 0 aromatic heterocycles. The summed E-state index contributed by atoms with van der Waals surface area (Å²) >= 11 is 0. The second kappa shape index (κ2) is 8.27. The fourth-order valence-electron chi connectivity index (χ4n) is 4.19. The third-order valence-electron chi connectivity index (χ3n) is 5.95. The van der Waals surface area contributed by atoms with Crippen molar-refractivity contribution < 1.29 is 14.3 Å². The number of hydrogen-bond donors (Lipinski definition) is 1. The van der Waals surface area contributed by atoms with Gasteiger partial charge in [-0.15, -0.1) is 0 Å². The molecule has 0 bridgehead atoms. The highest BCUT2D eigenvalue weighted by Gasteiger charge is 2.40. The second-order valence-corrected chi connectivity index (χ2v) is 7.72. The molecule has 7 nitrogen and oxygen atoms in total. The molecule has 2 amide bonds. The number of benzene rings is 1. The predicted octanol–water partition coefficient (Wildman–Crippen LogP) is 2.11. The minimum Gasteiger partial charge on any atom is -0.465 e. The molecule has 0 atom stereocenters. The number of rotatable bonds is 2. The van der Waals surface area contributed by atoms with Gasteiger partial charge in [0.05, 0.1) is 12.7 Å². The summed E-state index contributed by atoms with van der Waals surface area (Å²) in [6.07, 6.45) is 3.17. The lowest BCUT2D eigenvalue weighted by molar-refractivity contribution is 0.0442. The van der Waals surface area contributed by atoms with Crippen molar-refractivity contribution in [2.75, 3.05) is 59.2 Å². The summed E-state index contributed by atoms with van der Waals surface area (Å²) in [4.78, 5) is 30.9. The molecule has 2 saturated heterocycles. The van der Waals surface area contributed by atoms with Crippen LogP contribution in [0.2, 0.25) is 0 Å². The van der Waals surface area contributed by atoms with Crippen LogP contribution in [0.4, 0.5) is 10.5 Å². The molecule has 0 aliphatic carbocycles. The average molecular weight is 374 g/mol. The monoisotopic (exact) mass is 374 g/mol. The first-order valence-corrected chi connectivity index (χ1v) is 9.58. The van der Waals surface area contributed by atoms with Crippen molar-refractivity contribution in [3.05, 3.63) is 29.8 Å². The summed E-state index contributed by atoms with van der Waals surface area (Å²) in [5, 5.41) is 2.93. The average Bonchev–Trinajstić information content (AvgIpc) is 2.80. The van der Waals surface area contributed by atoms with E-state index >= 15 is 0 Å². The Balaban J connectivity index is 1.57. The van der Waals surface area contributed by atoms with Gasteiger partial charge in [0.15, 0.2) is 0 Å². The normalized spacial score (nSPS) is 20.9. The maximum atomic E-state index is 12.6. The van der Waals surface area contributed by atoms with Crippen LogP contribution in [0.3, 0.4) is 0 Å². The van der Waals surface area contributed by atoms with E-state index < -0.39 is 0 Å². The molecule has 148 valence electrons. The van der Waals surface area contributed by atoms with E-state index in [-0.39, 0.29) is 17.5 Å². The molecule has 2 fully saturated rings. The summed E-state index contributed by atoms with van der Waals surface area (Å²) in [6, 6.07) is 6.68. The van der Waals surface area contributed by atoms with Gasteiger partial charge in [-0.1, -0.05) is 0 Å². The first kappa shape index (κ1) is 19.6. The van der Waals surface area contributed by atoms with Crippen LogP contribution in [-0.4, -0.2) is 86.2 Å². The van der Waals surface area contributed by atoms with E-state index in [9.17, 15) is 9.59 Å². The molecule has 0 unspecified atom stereocenters. The fourth-order valence-corrected chi connectivity index (χ4v) is 4.19. The molecule has 2 aliphatic heterocycles. The lowest BCUT2D eigenvalue weighted by Gasteiger charge is -2.47. The Bertz CT molecular complexity index is 668. The van der Waals surface area contributed by atoms with E-state index in [1.165, 1.54) is 13.5 Å². The lowest BCUT2D eigenvalue weighted by Crippen LogP contribution is -2.58.